The summed E-state index contributed by atoms with van der Waals surface area (Å²) in [4.78, 5) is 0. The standard InChI is InChI=1S/C12H21NO/c1-2-9-13-10-11-14-12-7-5-3-4-6-8-12/h1,12-13H,3-11H2. The molecule has 1 rings (SSSR count). The molecule has 0 radical (unpaired) electrons. The van der Waals surface area contributed by atoms with Crippen molar-refractivity contribution in [1.82, 2.24) is 5.32 Å². The molecule has 0 bridgehead atoms. The number of rotatable bonds is 5. The van der Waals surface area contributed by atoms with Gasteiger partial charge in [-0.3, -0.25) is 0 Å². The zero-order valence-corrected chi connectivity index (χ0v) is 8.93. The molecule has 1 aliphatic carbocycles. The lowest BCUT2D eigenvalue weighted by molar-refractivity contribution is 0.0456. The molecular weight excluding hydrogens is 174 g/mol. The molecular formula is C12H21NO. The van der Waals surface area contributed by atoms with Gasteiger partial charge in [0.1, 0.15) is 0 Å². The molecule has 0 spiro atoms. The molecule has 1 fully saturated rings. The van der Waals surface area contributed by atoms with E-state index in [2.05, 4.69) is 11.2 Å². The average Bonchev–Trinajstić information content (AvgIpc) is 2.46. The Kier molecular flexibility index (Phi) is 6.47. The third kappa shape index (κ3) is 5.26. The van der Waals surface area contributed by atoms with Crippen molar-refractivity contribution < 1.29 is 4.74 Å². The smallest absolute Gasteiger partial charge is 0.0595 e. The fraction of sp³-hybridized carbons (Fsp3) is 0.833. The van der Waals surface area contributed by atoms with Crippen LogP contribution in [-0.4, -0.2) is 25.8 Å². The lowest BCUT2D eigenvalue weighted by Crippen LogP contribution is -2.23. The molecule has 0 amide bonds. The second-order valence-electron chi connectivity index (χ2n) is 3.87. The molecule has 0 atom stereocenters. The summed E-state index contributed by atoms with van der Waals surface area (Å²) in [6, 6.07) is 0. The fourth-order valence-corrected chi connectivity index (χ4v) is 1.87. The first-order chi connectivity index (χ1) is 6.93. The minimum absolute atomic E-state index is 0.505. The van der Waals surface area contributed by atoms with Crippen molar-refractivity contribution in [2.45, 2.75) is 44.6 Å². The molecule has 0 aromatic heterocycles. The van der Waals surface area contributed by atoms with Gasteiger partial charge in [0.2, 0.25) is 0 Å². The van der Waals surface area contributed by atoms with Gasteiger partial charge in [0.15, 0.2) is 0 Å². The van der Waals surface area contributed by atoms with Crippen LogP contribution in [0.3, 0.4) is 0 Å². The molecule has 0 unspecified atom stereocenters. The molecule has 0 saturated heterocycles. The Morgan fingerprint density at radius 2 is 1.93 bits per heavy atom. The third-order valence-electron chi connectivity index (χ3n) is 2.66. The van der Waals surface area contributed by atoms with Crippen molar-refractivity contribution in [3.8, 4) is 12.3 Å². The second kappa shape index (κ2) is 7.84. The molecule has 1 aliphatic rings. The van der Waals surface area contributed by atoms with Gasteiger partial charge in [-0.15, -0.1) is 6.42 Å². The van der Waals surface area contributed by atoms with Gasteiger partial charge in [0.05, 0.1) is 19.3 Å². The van der Waals surface area contributed by atoms with E-state index in [1.807, 2.05) is 0 Å². The van der Waals surface area contributed by atoms with Crippen molar-refractivity contribution in [2.24, 2.45) is 0 Å². The summed E-state index contributed by atoms with van der Waals surface area (Å²) >= 11 is 0. The van der Waals surface area contributed by atoms with Gasteiger partial charge in [-0.05, 0) is 12.8 Å². The number of terminal acetylenes is 1. The molecule has 1 saturated carbocycles. The van der Waals surface area contributed by atoms with E-state index in [0.29, 0.717) is 12.6 Å². The van der Waals surface area contributed by atoms with Crippen LogP contribution in [0.15, 0.2) is 0 Å². The highest BCUT2D eigenvalue weighted by molar-refractivity contribution is 4.86. The van der Waals surface area contributed by atoms with Crippen LogP contribution in [0.5, 0.6) is 0 Å². The van der Waals surface area contributed by atoms with Crippen LogP contribution in [0, 0.1) is 12.3 Å². The topological polar surface area (TPSA) is 21.3 Å². The van der Waals surface area contributed by atoms with Crippen LogP contribution in [0.1, 0.15) is 38.5 Å². The molecule has 2 nitrogen and oxygen atoms in total. The van der Waals surface area contributed by atoms with Crippen LogP contribution in [0.25, 0.3) is 0 Å². The maximum absolute atomic E-state index is 5.78. The van der Waals surface area contributed by atoms with E-state index >= 15 is 0 Å². The highest BCUT2D eigenvalue weighted by atomic mass is 16.5. The van der Waals surface area contributed by atoms with Crippen LogP contribution in [0.4, 0.5) is 0 Å². The summed E-state index contributed by atoms with van der Waals surface area (Å²) in [6.45, 7) is 2.32. The maximum Gasteiger partial charge on any atom is 0.0595 e. The Labute approximate surface area is 87.4 Å². The van der Waals surface area contributed by atoms with Crippen LogP contribution >= 0.6 is 0 Å². The van der Waals surface area contributed by atoms with Gasteiger partial charge >= 0.3 is 0 Å². The van der Waals surface area contributed by atoms with Crippen molar-refractivity contribution >= 4 is 0 Å². The van der Waals surface area contributed by atoms with Crippen molar-refractivity contribution in [3.05, 3.63) is 0 Å². The average molecular weight is 195 g/mol. The summed E-state index contributed by atoms with van der Waals surface area (Å²) < 4.78 is 5.78. The van der Waals surface area contributed by atoms with Crippen LogP contribution in [0.2, 0.25) is 0 Å². The molecule has 80 valence electrons. The van der Waals surface area contributed by atoms with Gasteiger partial charge < -0.3 is 10.1 Å². The summed E-state index contributed by atoms with van der Waals surface area (Å²) in [6.07, 6.45) is 13.6. The van der Waals surface area contributed by atoms with Gasteiger partial charge in [0, 0.05) is 6.54 Å². The number of hydrogen-bond acceptors (Lipinski definition) is 2. The van der Waals surface area contributed by atoms with E-state index in [9.17, 15) is 0 Å². The van der Waals surface area contributed by atoms with Gasteiger partial charge in [0.25, 0.3) is 0 Å². The number of nitrogens with one attached hydrogen (secondary N) is 1. The van der Waals surface area contributed by atoms with E-state index in [-0.39, 0.29) is 0 Å². The summed E-state index contributed by atoms with van der Waals surface area (Å²) in [7, 11) is 0. The highest BCUT2D eigenvalue weighted by Crippen LogP contribution is 2.19. The predicted octanol–water partition coefficient (Wildman–Crippen LogP) is 1.95. The second-order valence-corrected chi connectivity index (χ2v) is 3.87. The Bertz CT molecular complexity index is 166. The number of hydrogen-bond donors (Lipinski definition) is 1. The monoisotopic (exact) mass is 195 g/mol. The first-order valence-electron chi connectivity index (χ1n) is 5.69. The lowest BCUT2D eigenvalue weighted by atomic mass is 10.1. The van der Waals surface area contributed by atoms with Crippen LogP contribution in [-0.2, 0) is 4.74 Å². The molecule has 0 heterocycles. The maximum atomic E-state index is 5.78. The fourth-order valence-electron chi connectivity index (χ4n) is 1.87. The molecule has 1 N–H and O–H groups in total. The predicted molar refractivity (Wildman–Crippen MR) is 59.1 cm³/mol. The molecule has 0 aromatic rings. The largest absolute Gasteiger partial charge is 0.377 e. The quantitative estimate of drug-likeness (QED) is 0.411. The van der Waals surface area contributed by atoms with Crippen molar-refractivity contribution in [1.29, 1.82) is 0 Å². The zero-order valence-electron chi connectivity index (χ0n) is 8.93. The number of ether oxygens (including phenoxy) is 1. The minimum Gasteiger partial charge on any atom is -0.377 e. The first-order valence-corrected chi connectivity index (χ1v) is 5.69. The lowest BCUT2D eigenvalue weighted by Gasteiger charge is -2.15. The van der Waals surface area contributed by atoms with E-state index in [4.69, 9.17) is 11.2 Å². The van der Waals surface area contributed by atoms with E-state index in [1.165, 1.54) is 38.5 Å². The molecule has 0 aliphatic heterocycles. The first kappa shape index (κ1) is 11.6. The Morgan fingerprint density at radius 1 is 1.21 bits per heavy atom. The zero-order chi connectivity index (χ0) is 10.1. The summed E-state index contributed by atoms with van der Waals surface area (Å²) in [5, 5.41) is 3.13. The van der Waals surface area contributed by atoms with E-state index in [1.54, 1.807) is 0 Å². The summed E-state index contributed by atoms with van der Waals surface area (Å²) in [5.41, 5.74) is 0. The SMILES string of the molecule is C#CCNCCOC1CCCCCC1. The van der Waals surface area contributed by atoms with Crippen molar-refractivity contribution in [3.63, 3.8) is 0 Å². The summed E-state index contributed by atoms with van der Waals surface area (Å²) in [5.74, 6) is 2.55. The Balaban J connectivity index is 1.96. The van der Waals surface area contributed by atoms with E-state index < -0.39 is 0 Å². The molecule has 14 heavy (non-hydrogen) atoms. The van der Waals surface area contributed by atoms with Crippen molar-refractivity contribution in [2.75, 3.05) is 19.7 Å². The minimum atomic E-state index is 0.505. The Hall–Kier alpha value is -0.520. The third-order valence-corrected chi connectivity index (χ3v) is 2.66. The van der Waals surface area contributed by atoms with Gasteiger partial charge in [-0.1, -0.05) is 31.6 Å². The Morgan fingerprint density at radius 3 is 2.57 bits per heavy atom. The van der Waals surface area contributed by atoms with E-state index in [0.717, 1.165) is 13.2 Å². The van der Waals surface area contributed by atoms with Gasteiger partial charge in [-0.2, -0.15) is 0 Å². The molecule has 2 heteroatoms. The molecule has 0 aromatic carbocycles. The van der Waals surface area contributed by atoms with Crippen LogP contribution < -0.4 is 5.32 Å². The normalized spacial score (nSPS) is 18.8. The van der Waals surface area contributed by atoms with Gasteiger partial charge in [-0.25, -0.2) is 0 Å². The highest BCUT2D eigenvalue weighted by Gasteiger charge is 2.11.